The Kier molecular flexibility index (Phi) is 10.00. The molecule has 14 heteroatoms. The molecule has 0 radical (unpaired) electrons. The summed E-state index contributed by atoms with van der Waals surface area (Å²) < 4.78 is 0. The first-order valence-electron chi connectivity index (χ1n) is 9.99. The average molecular weight is 458 g/mol. The zero-order valence-electron chi connectivity index (χ0n) is 17.7. The predicted molar refractivity (Wildman–Crippen MR) is 108 cm³/mol. The molecule has 0 aromatic rings. The van der Waals surface area contributed by atoms with E-state index in [1.165, 1.54) is 6.92 Å². The highest BCUT2D eigenvalue weighted by atomic mass is 16.4. The average Bonchev–Trinajstić information content (AvgIpc) is 3.17. The van der Waals surface area contributed by atoms with E-state index in [0.29, 0.717) is 6.42 Å². The minimum Gasteiger partial charge on any atom is -0.480 e. The standard InChI is InChI=1S/C18H30N6O8/c1-8(25)14(18(31)32)23-16(29)11-3-2-6-24(11)17(30)10(7-13(21)27)22-15(28)9(19)4-5-12(20)26/h8-11,14,25H,2-7,19H2,1H3,(H2,20,26)(H2,21,27)(H,22,28)(H,23,29)(H,31,32). The number of primary amides is 2. The lowest BCUT2D eigenvalue weighted by molar-refractivity contribution is -0.147. The van der Waals surface area contributed by atoms with E-state index in [1.54, 1.807) is 0 Å². The molecule has 180 valence electrons. The first-order valence-corrected chi connectivity index (χ1v) is 9.99. The van der Waals surface area contributed by atoms with Crippen LogP contribution in [0.15, 0.2) is 0 Å². The second-order valence-electron chi connectivity index (χ2n) is 7.60. The highest BCUT2D eigenvalue weighted by molar-refractivity contribution is 5.96. The van der Waals surface area contributed by atoms with Crippen LogP contribution in [0.3, 0.4) is 0 Å². The Labute approximate surface area is 183 Å². The lowest BCUT2D eigenvalue weighted by atomic mass is 10.1. The summed E-state index contributed by atoms with van der Waals surface area (Å²) in [5.74, 6) is -5.40. The van der Waals surface area contributed by atoms with Gasteiger partial charge < -0.3 is 42.9 Å². The molecule has 0 bridgehead atoms. The van der Waals surface area contributed by atoms with Crippen LogP contribution >= 0.6 is 0 Å². The summed E-state index contributed by atoms with van der Waals surface area (Å²) in [6, 6.07) is -5.24. The molecule has 0 aliphatic carbocycles. The van der Waals surface area contributed by atoms with Gasteiger partial charge in [-0.05, 0) is 26.2 Å². The van der Waals surface area contributed by atoms with Crippen molar-refractivity contribution in [2.24, 2.45) is 17.2 Å². The van der Waals surface area contributed by atoms with Crippen molar-refractivity contribution in [3.05, 3.63) is 0 Å². The van der Waals surface area contributed by atoms with Crippen LogP contribution in [0.1, 0.15) is 39.0 Å². The molecule has 0 aromatic heterocycles. The molecule has 0 aromatic carbocycles. The number of aliphatic hydroxyl groups excluding tert-OH is 1. The van der Waals surface area contributed by atoms with Gasteiger partial charge >= 0.3 is 5.97 Å². The van der Waals surface area contributed by atoms with Gasteiger partial charge in [0, 0.05) is 13.0 Å². The normalized spacial score (nSPS) is 19.3. The first-order chi connectivity index (χ1) is 14.8. The number of hydrogen-bond acceptors (Lipinski definition) is 8. The van der Waals surface area contributed by atoms with Gasteiger partial charge in [0.25, 0.3) is 0 Å². The highest BCUT2D eigenvalue weighted by Crippen LogP contribution is 2.20. The largest absolute Gasteiger partial charge is 0.480 e. The third kappa shape index (κ3) is 7.77. The van der Waals surface area contributed by atoms with Crippen LogP contribution in [0.2, 0.25) is 0 Å². The van der Waals surface area contributed by atoms with Crippen LogP contribution < -0.4 is 27.8 Å². The van der Waals surface area contributed by atoms with Crippen molar-refractivity contribution in [2.75, 3.05) is 6.54 Å². The second kappa shape index (κ2) is 12.0. The molecule has 1 heterocycles. The maximum Gasteiger partial charge on any atom is 0.328 e. The third-order valence-corrected chi connectivity index (χ3v) is 4.94. The van der Waals surface area contributed by atoms with Crippen LogP contribution in [0.25, 0.3) is 0 Å². The van der Waals surface area contributed by atoms with Gasteiger partial charge in [-0.25, -0.2) is 4.79 Å². The third-order valence-electron chi connectivity index (χ3n) is 4.94. The van der Waals surface area contributed by atoms with Crippen molar-refractivity contribution in [1.29, 1.82) is 0 Å². The quantitative estimate of drug-likeness (QED) is 0.150. The number of carboxylic acid groups (broad SMARTS) is 1. The van der Waals surface area contributed by atoms with Gasteiger partial charge in [0.15, 0.2) is 6.04 Å². The Balaban J connectivity index is 2.94. The Morgan fingerprint density at radius 2 is 1.72 bits per heavy atom. The monoisotopic (exact) mass is 458 g/mol. The maximum atomic E-state index is 13.0. The van der Waals surface area contributed by atoms with E-state index < -0.39 is 72.2 Å². The summed E-state index contributed by atoms with van der Waals surface area (Å²) >= 11 is 0. The fourth-order valence-corrected chi connectivity index (χ4v) is 3.25. The predicted octanol–water partition coefficient (Wildman–Crippen LogP) is -4.12. The number of hydrogen-bond donors (Lipinski definition) is 7. The summed E-state index contributed by atoms with van der Waals surface area (Å²) in [7, 11) is 0. The zero-order chi connectivity index (χ0) is 24.6. The molecule has 1 aliphatic heterocycles. The van der Waals surface area contributed by atoms with Gasteiger partial charge in [-0.3, -0.25) is 24.0 Å². The number of nitrogens with one attached hydrogen (secondary N) is 2. The number of carbonyl (C=O) groups is 6. The Hall–Kier alpha value is -3.26. The number of likely N-dealkylation sites (tertiary alicyclic amines) is 1. The van der Waals surface area contributed by atoms with Crippen molar-refractivity contribution < 1.29 is 39.0 Å². The number of nitrogens with two attached hydrogens (primary N) is 3. The van der Waals surface area contributed by atoms with Crippen LogP contribution in [0, 0.1) is 0 Å². The number of nitrogens with zero attached hydrogens (tertiary/aromatic N) is 1. The Morgan fingerprint density at radius 1 is 1.09 bits per heavy atom. The molecular weight excluding hydrogens is 428 g/mol. The molecular formula is C18H30N6O8. The molecule has 5 atom stereocenters. The topological polar surface area (TPSA) is 248 Å². The highest BCUT2D eigenvalue weighted by Gasteiger charge is 2.40. The zero-order valence-corrected chi connectivity index (χ0v) is 17.7. The van der Waals surface area contributed by atoms with Crippen molar-refractivity contribution >= 4 is 35.5 Å². The second-order valence-corrected chi connectivity index (χ2v) is 7.60. The molecule has 10 N–H and O–H groups in total. The van der Waals surface area contributed by atoms with Gasteiger partial charge in [0.05, 0.1) is 18.6 Å². The molecule has 0 saturated carbocycles. The minimum atomic E-state index is -1.58. The number of carbonyl (C=O) groups excluding carboxylic acids is 5. The Morgan fingerprint density at radius 3 is 2.22 bits per heavy atom. The lowest BCUT2D eigenvalue weighted by Gasteiger charge is -2.29. The number of carboxylic acids is 1. The Bertz CT molecular complexity index is 758. The van der Waals surface area contributed by atoms with Crippen LogP contribution in [0.5, 0.6) is 0 Å². The molecule has 0 spiro atoms. The molecule has 1 saturated heterocycles. The van der Waals surface area contributed by atoms with Gasteiger partial charge in [-0.1, -0.05) is 0 Å². The van der Waals surface area contributed by atoms with Gasteiger partial charge in [-0.2, -0.15) is 0 Å². The maximum absolute atomic E-state index is 13.0. The van der Waals surface area contributed by atoms with E-state index >= 15 is 0 Å². The van der Waals surface area contributed by atoms with Gasteiger partial charge in [-0.15, -0.1) is 0 Å². The van der Waals surface area contributed by atoms with Crippen LogP contribution in [-0.4, -0.2) is 87.4 Å². The van der Waals surface area contributed by atoms with Crippen molar-refractivity contribution in [1.82, 2.24) is 15.5 Å². The molecule has 1 fully saturated rings. The fourth-order valence-electron chi connectivity index (χ4n) is 3.25. The van der Waals surface area contributed by atoms with E-state index in [4.69, 9.17) is 22.3 Å². The SMILES string of the molecule is CC(O)C(NC(=O)C1CCCN1C(=O)C(CC(N)=O)NC(=O)C(N)CCC(N)=O)C(=O)O. The van der Waals surface area contributed by atoms with E-state index in [2.05, 4.69) is 10.6 Å². The molecule has 1 rings (SSSR count). The summed E-state index contributed by atoms with van der Waals surface area (Å²) in [5, 5.41) is 23.2. The summed E-state index contributed by atoms with van der Waals surface area (Å²) in [5.41, 5.74) is 15.9. The van der Waals surface area contributed by atoms with Crippen LogP contribution in [0.4, 0.5) is 0 Å². The molecule has 5 amide bonds. The molecule has 32 heavy (non-hydrogen) atoms. The van der Waals surface area contributed by atoms with Crippen molar-refractivity contribution in [2.45, 2.75) is 69.3 Å². The van der Waals surface area contributed by atoms with E-state index in [-0.39, 0.29) is 25.8 Å². The number of aliphatic carboxylic acids is 1. The van der Waals surface area contributed by atoms with Gasteiger partial charge in [0.2, 0.25) is 29.5 Å². The van der Waals surface area contributed by atoms with Gasteiger partial charge in [0.1, 0.15) is 12.1 Å². The summed E-state index contributed by atoms with van der Waals surface area (Å²) in [6.45, 7) is 1.30. The lowest BCUT2D eigenvalue weighted by Crippen LogP contribution is -2.58. The molecule has 14 nitrogen and oxygen atoms in total. The van der Waals surface area contributed by atoms with Crippen molar-refractivity contribution in [3.63, 3.8) is 0 Å². The van der Waals surface area contributed by atoms with E-state index in [9.17, 15) is 33.9 Å². The smallest absolute Gasteiger partial charge is 0.328 e. The number of amides is 5. The molecule has 1 aliphatic rings. The first kappa shape index (κ1) is 26.8. The number of rotatable bonds is 12. The summed E-state index contributed by atoms with van der Waals surface area (Å²) in [4.78, 5) is 72.5. The minimum absolute atomic E-state index is 0.0800. The molecule has 5 unspecified atom stereocenters. The fraction of sp³-hybridized carbons (Fsp3) is 0.667. The van der Waals surface area contributed by atoms with Crippen molar-refractivity contribution in [3.8, 4) is 0 Å². The van der Waals surface area contributed by atoms with E-state index in [1.807, 2.05) is 0 Å². The van der Waals surface area contributed by atoms with E-state index in [0.717, 1.165) is 4.90 Å². The van der Waals surface area contributed by atoms with Crippen LogP contribution in [-0.2, 0) is 28.8 Å². The number of aliphatic hydroxyl groups is 1. The summed E-state index contributed by atoms with van der Waals surface area (Å²) in [6.07, 6.45) is -1.58.